The maximum Gasteiger partial charge on any atom is 0.147 e. The number of nitrogens with two attached hydrogens (primary N) is 1. The summed E-state index contributed by atoms with van der Waals surface area (Å²) in [4.78, 5) is 0. The van der Waals surface area contributed by atoms with Gasteiger partial charge in [0.25, 0.3) is 0 Å². The molecule has 0 saturated heterocycles. The van der Waals surface area contributed by atoms with E-state index in [-0.39, 0.29) is 0 Å². The van der Waals surface area contributed by atoms with Crippen molar-refractivity contribution in [3.8, 4) is 0 Å². The Balaban J connectivity index is 2.76. The van der Waals surface area contributed by atoms with Gasteiger partial charge in [-0.1, -0.05) is 0 Å². The van der Waals surface area contributed by atoms with E-state index in [4.69, 9.17) is 10.8 Å². The molecule has 74 valence electrons. The third kappa shape index (κ3) is 2.12. The molecule has 0 aliphatic rings. The van der Waals surface area contributed by atoms with Gasteiger partial charge in [-0.15, -0.1) is 0 Å². The second-order valence-electron chi connectivity index (χ2n) is 3.20. The number of rotatable bonds is 3. The van der Waals surface area contributed by atoms with Crippen LogP contribution in [0.3, 0.4) is 0 Å². The standard InChI is InChI=1S/C8H16N4O/c1-5(13)4-10-8-7(9)6(2)11-12(8)3/h5,10,13H,4,9H2,1-3H3. The molecule has 0 saturated carbocycles. The highest BCUT2D eigenvalue weighted by atomic mass is 16.3. The molecule has 0 spiro atoms. The maximum absolute atomic E-state index is 9.07. The molecule has 5 nitrogen and oxygen atoms in total. The van der Waals surface area contributed by atoms with Crippen LogP contribution in [0.5, 0.6) is 0 Å². The fraction of sp³-hybridized carbons (Fsp3) is 0.625. The summed E-state index contributed by atoms with van der Waals surface area (Å²) in [6.07, 6.45) is -0.394. The Morgan fingerprint density at radius 2 is 2.31 bits per heavy atom. The van der Waals surface area contributed by atoms with E-state index in [1.165, 1.54) is 0 Å². The van der Waals surface area contributed by atoms with Crippen LogP contribution in [0.25, 0.3) is 0 Å². The molecule has 1 aromatic rings. The molecule has 0 radical (unpaired) electrons. The van der Waals surface area contributed by atoms with Gasteiger partial charge in [0.2, 0.25) is 0 Å². The van der Waals surface area contributed by atoms with E-state index in [0.717, 1.165) is 11.5 Å². The number of aliphatic hydroxyl groups is 1. The molecule has 1 atom stereocenters. The van der Waals surface area contributed by atoms with Crippen molar-refractivity contribution < 1.29 is 5.11 Å². The van der Waals surface area contributed by atoms with Gasteiger partial charge in [-0.2, -0.15) is 5.10 Å². The smallest absolute Gasteiger partial charge is 0.147 e. The van der Waals surface area contributed by atoms with Gasteiger partial charge in [0.05, 0.1) is 17.5 Å². The fourth-order valence-corrected chi connectivity index (χ4v) is 1.13. The molecular formula is C8H16N4O. The molecule has 4 N–H and O–H groups in total. The molecule has 5 heteroatoms. The summed E-state index contributed by atoms with van der Waals surface area (Å²) in [6.45, 7) is 4.04. The Hall–Kier alpha value is -1.23. The number of nitrogens with one attached hydrogen (secondary N) is 1. The number of aryl methyl sites for hydroxylation is 2. The van der Waals surface area contributed by atoms with E-state index < -0.39 is 6.10 Å². The van der Waals surface area contributed by atoms with E-state index in [9.17, 15) is 0 Å². The van der Waals surface area contributed by atoms with Crippen molar-refractivity contribution in [2.45, 2.75) is 20.0 Å². The highest BCUT2D eigenvalue weighted by molar-refractivity contribution is 5.64. The molecular weight excluding hydrogens is 168 g/mol. The molecule has 0 aliphatic carbocycles. The first-order valence-corrected chi connectivity index (χ1v) is 4.23. The first-order valence-electron chi connectivity index (χ1n) is 4.23. The summed E-state index contributed by atoms with van der Waals surface area (Å²) in [7, 11) is 1.81. The van der Waals surface area contributed by atoms with Crippen molar-refractivity contribution in [2.24, 2.45) is 7.05 Å². The van der Waals surface area contributed by atoms with E-state index in [0.29, 0.717) is 12.2 Å². The van der Waals surface area contributed by atoms with Gasteiger partial charge in [0.1, 0.15) is 5.82 Å². The van der Waals surface area contributed by atoms with Crippen molar-refractivity contribution in [1.82, 2.24) is 9.78 Å². The van der Waals surface area contributed by atoms with Gasteiger partial charge in [-0.3, -0.25) is 4.68 Å². The number of nitrogen functional groups attached to an aromatic ring is 1. The number of hydrogen-bond acceptors (Lipinski definition) is 4. The zero-order chi connectivity index (χ0) is 10.0. The predicted molar refractivity (Wildman–Crippen MR) is 52.5 cm³/mol. The zero-order valence-electron chi connectivity index (χ0n) is 8.20. The van der Waals surface area contributed by atoms with Crippen LogP contribution in [0.15, 0.2) is 0 Å². The Labute approximate surface area is 77.5 Å². The fourth-order valence-electron chi connectivity index (χ4n) is 1.13. The monoisotopic (exact) mass is 184 g/mol. The summed E-state index contributed by atoms with van der Waals surface area (Å²) in [6, 6.07) is 0. The van der Waals surface area contributed by atoms with Crippen LogP contribution in [0, 0.1) is 6.92 Å². The minimum Gasteiger partial charge on any atom is -0.394 e. The lowest BCUT2D eigenvalue weighted by Crippen LogP contribution is -2.17. The van der Waals surface area contributed by atoms with Crippen molar-refractivity contribution >= 4 is 11.5 Å². The second kappa shape index (κ2) is 3.66. The third-order valence-corrected chi connectivity index (χ3v) is 1.83. The van der Waals surface area contributed by atoms with Crippen LogP contribution in [0.1, 0.15) is 12.6 Å². The van der Waals surface area contributed by atoms with Crippen LogP contribution in [-0.2, 0) is 7.05 Å². The largest absolute Gasteiger partial charge is 0.394 e. The number of nitrogens with zero attached hydrogens (tertiary/aromatic N) is 2. The van der Waals surface area contributed by atoms with E-state index >= 15 is 0 Å². The van der Waals surface area contributed by atoms with Crippen molar-refractivity contribution in [2.75, 3.05) is 17.6 Å². The molecule has 0 amide bonds. The number of hydrogen-bond donors (Lipinski definition) is 3. The zero-order valence-corrected chi connectivity index (χ0v) is 8.20. The van der Waals surface area contributed by atoms with E-state index in [1.807, 2.05) is 14.0 Å². The quantitative estimate of drug-likeness (QED) is 0.623. The average Bonchev–Trinajstić information content (AvgIpc) is 2.24. The van der Waals surface area contributed by atoms with Crippen molar-refractivity contribution in [3.63, 3.8) is 0 Å². The average molecular weight is 184 g/mol. The summed E-state index contributed by atoms with van der Waals surface area (Å²) >= 11 is 0. The molecule has 0 bridgehead atoms. The third-order valence-electron chi connectivity index (χ3n) is 1.83. The molecule has 0 fully saturated rings. The van der Waals surface area contributed by atoms with Crippen molar-refractivity contribution in [1.29, 1.82) is 0 Å². The molecule has 1 heterocycles. The minimum absolute atomic E-state index is 0.394. The van der Waals surface area contributed by atoms with Crippen LogP contribution in [-0.4, -0.2) is 27.5 Å². The lowest BCUT2D eigenvalue weighted by Gasteiger charge is -2.08. The highest BCUT2D eigenvalue weighted by Crippen LogP contribution is 2.20. The summed E-state index contributed by atoms with van der Waals surface area (Å²) in [5.41, 5.74) is 7.21. The molecule has 1 unspecified atom stereocenters. The topological polar surface area (TPSA) is 76.1 Å². The molecule has 1 aromatic heterocycles. The Kier molecular flexibility index (Phi) is 2.77. The van der Waals surface area contributed by atoms with Gasteiger partial charge in [0.15, 0.2) is 0 Å². The van der Waals surface area contributed by atoms with Crippen molar-refractivity contribution in [3.05, 3.63) is 5.69 Å². The van der Waals surface area contributed by atoms with Gasteiger partial charge in [-0.25, -0.2) is 0 Å². The van der Waals surface area contributed by atoms with Gasteiger partial charge in [-0.05, 0) is 13.8 Å². The molecule has 1 rings (SSSR count). The van der Waals surface area contributed by atoms with Crippen LogP contribution < -0.4 is 11.1 Å². The highest BCUT2D eigenvalue weighted by Gasteiger charge is 2.09. The molecule has 0 aromatic carbocycles. The van der Waals surface area contributed by atoms with Gasteiger partial charge < -0.3 is 16.2 Å². The van der Waals surface area contributed by atoms with E-state index in [2.05, 4.69) is 10.4 Å². The second-order valence-corrected chi connectivity index (χ2v) is 3.20. The minimum atomic E-state index is -0.394. The Morgan fingerprint density at radius 1 is 1.69 bits per heavy atom. The Morgan fingerprint density at radius 3 is 2.69 bits per heavy atom. The summed E-state index contributed by atoms with van der Waals surface area (Å²) in [5, 5.41) is 16.2. The lowest BCUT2D eigenvalue weighted by molar-refractivity contribution is 0.208. The summed E-state index contributed by atoms with van der Waals surface area (Å²) in [5.74, 6) is 0.762. The first kappa shape index (κ1) is 9.85. The summed E-state index contributed by atoms with van der Waals surface area (Å²) < 4.78 is 1.67. The van der Waals surface area contributed by atoms with Crippen LogP contribution >= 0.6 is 0 Å². The number of anilines is 2. The van der Waals surface area contributed by atoms with Crippen LogP contribution in [0.2, 0.25) is 0 Å². The number of aromatic nitrogens is 2. The predicted octanol–water partition coefficient (Wildman–Crippen LogP) is 0.103. The van der Waals surface area contributed by atoms with Gasteiger partial charge in [0, 0.05) is 13.6 Å². The SMILES string of the molecule is Cc1nn(C)c(NCC(C)O)c1N. The van der Waals surface area contributed by atoms with E-state index in [1.54, 1.807) is 11.6 Å². The normalized spacial score (nSPS) is 12.9. The first-order chi connectivity index (χ1) is 6.02. The lowest BCUT2D eigenvalue weighted by atomic mass is 10.3. The molecule has 0 aliphatic heterocycles. The number of aliphatic hydroxyl groups excluding tert-OH is 1. The van der Waals surface area contributed by atoms with Gasteiger partial charge >= 0.3 is 0 Å². The van der Waals surface area contributed by atoms with Crippen LogP contribution in [0.4, 0.5) is 11.5 Å². The molecule has 13 heavy (non-hydrogen) atoms. The maximum atomic E-state index is 9.07. The Bertz CT molecular complexity index is 293.